The van der Waals surface area contributed by atoms with Gasteiger partial charge in [-0.2, -0.15) is 0 Å². The van der Waals surface area contributed by atoms with Crippen LogP contribution < -0.4 is 14.8 Å². The minimum absolute atomic E-state index is 0.0261. The molecule has 0 unspecified atom stereocenters. The van der Waals surface area contributed by atoms with Gasteiger partial charge in [0.2, 0.25) is 6.79 Å². The summed E-state index contributed by atoms with van der Waals surface area (Å²) in [5.41, 5.74) is 2.28. The van der Waals surface area contributed by atoms with Crippen LogP contribution in [0.5, 0.6) is 11.5 Å². The first-order valence-corrected chi connectivity index (χ1v) is 10.1. The number of anilines is 1. The van der Waals surface area contributed by atoms with Crippen molar-refractivity contribution in [3.05, 3.63) is 54.1 Å². The highest BCUT2D eigenvalue weighted by Crippen LogP contribution is 2.55. The first kappa shape index (κ1) is 17.4. The molecule has 2 fully saturated rings. The Kier molecular flexibility index (Phi) is 4.38. The van der Waals surface area contributed by atoms with Crippen molar-refractivity contribution in [2.75, 3.05) is 12.1 Å². The van der Waals surface area contributed by atoms with E-state index in [0.717, 1.165) is 25.7 Å². The lowest BCUT2D eigenvalue weighted by Gasteiger charge is -2.52. The van der Waals surface area contributed by atoms with Crippen molar-refractivity contribution in [3.8, 4) is 11.5 Å². The predicted molar refractivity (Wildman–Crippen MR) is 106 cm³/mol. The summed E-state index contributed by atoms with van der Waals surface area (Å²) in [4.78, 5) is 12.4. The van der Waals surface area contributed by atoms with Gasteiger partial charge in [0, 0.05) is 17.2 Å². The van der Waals surface area contributed by atoms with Crippen LogP contribution in [0.3, 0.4) is 0 Å². The molecule has 5 rings (SSSR count). The molecule has 1 aliphatic heterocycles. The molecule has 28 heavy (non-hydrogen) atoms. The van der Waals surface area contributed by atoms with Crippen LogP contribution in [-0.4, -0.2) is 19.0 Å². The van der Waals surface area contributed by atoms with Crippen LogP contribution in [0.4, 0.5) is 10.5 Å². The molecule has 1 amide bonds. The van der Waals surface area contributed by atoms with Crippen molar-refractivity contribution in [3.63, 3.8) is 0 Å². The Labute approximate surface area is 165 Å². The maximum atomic E-state index is 12.4. The van der Waals surface area contributed by atoms with E-state index in [1.807, 2.05) is 0 Å². The van der Waals surface area contributed by atoms with Crippen molar-refractivity contribution in [1.82, 2.24) is 0 Å². The standard InChI is InChI=1S/C23H25NO4/c25-22(24-18-6-7-19-20(14-18)27-15-26-19)28-21-10-13-23(21)11-8-17(9-12-23)16-4-2-1-3-5-16/h1-7,14,17,21H,8-13,15H2,(H,24,25)/t17?,21-,23?/m0/s1. The number of benzene rings is 2. The van der Waals surface area contributed by atoms with Crippen LogP contribution in [0.15, 0.2) is 48.5 Å². The second-order valence-corrected chi connectivity index (χ2v) is 8.17. The van der Waals surface area contributed by atoms with E-state index in [-0.39, 0.29) is 24.4 Å². The van der Waals surface area contributed by atoms with Crippen molar-refractivity contribution < 1.29 is 19.0 Å². The van der Waals surface area contributed by atoms with Crippen LogP contribution in [-0.2, 0) is 4.74 Å². The van der Waals surface area contributed by atoms with E-state index in [1.165, 1.54) is 18.4 Å². The molecule has 1 atom stereocenters. The van der Waals surface area contributed by atoms with Gasteiger partial charge in [-0.25, -0.2) is 4.79 Å². The fraction of sp³-hybridized carbons (Fsp3) is 0.435. The summed E-state index contributed by atoms with van der Waals surface area (Å²) >= 11 is 0. The number of carbonyl (C=O) groups excluding carboxylic acids is 1. The fourth-order valence-corrected chi connectivity index (χ4v) is 4.93. The summed E-state index contributed by atoms with van der Waals surface area (Å²) in [6.45, 7) is 0.220. The van der Waals surface area contributed by atoms with Crippen LogP contribution in [0.2, 0.25) is 0 Å². The summed E-state index contributed by atoms with van der Waals surface area (Å²) < 4.78 is 16.5. The molecule has 3 aliphatic rings. The number of ether oxygens (including phenoxy) is 3. The SMILES string of the molecule is O=C(Nc1ccc2c(c1)OCO2)O[C@H]1CCC12CCC(c1ccccc1)CC2. The van der Waals surface area contributed by atoms with E-state index < -0.39 is 0 Å². The van der Waals surface area contributed by atoms with Gasteiger partial charge in [-0.15, -0.1) is 0 Å². The van der Waals surface area contributed by atoms with E-state index >= 15 is 0 Å². The van der Waals surface area contributed by atoms with E-state index in [0.29, 0.717) is 23.1 Å². The van der Waals surface area contributed by atoms with Gasteiger partial charge in [-0.3, -0.25) is 5.32 Å². The largest absolute Gasteiger partial charge is 0.454 e. The average Bonchev–Trinajstić information content (AvgIpc) is 3.20. The third-order valence-corrected chi connectivity index (χ3v) is 6.71. The zero-order chi connectivity index (χ0) is 19.0. The Hall–Kier alpha value is -2.69. The summed E-state index contributed by atoms with van der Waals surface area (Å²) in [5, 5.41) is 2.83. The Morgan fingerprint density at radius 3 is 2.46 bits per heavy atom. The molecule has 1 N–H and O–H groups in total. The zero-order valence-electron chi connectivity index (χ0n) is 15.9. The molecule has 1 spiro atoms. The highest BCUT2D eigenvalue weighted by Gasteiger charge is 2.50. The number of nitrogens with one attached hydrogen (secondary N) is 1. The minimum Gasteiger partial charge on any atom is -0.454 e. The second-order valence-electron chi connectivity index (χ2n) is 8.17. The highest BCUT2D eigenvalue weighted by molar-refractivity contribution is 5.85. The first-order chi connectivity index (χ1) is 13.7. The third kappa shape index (κ3) is 3.19. The van der Waals surface area contributed by atoms with Crippen LogP contribution >= 0.6 is 0 Å². The highest BCUT2D eigenvalue weighted by atomic mass is 16.7. The Bertz CT molecular complexity index is 858. The quantitative estimate of drug-likeness (QED) is 0.768. The Morgan fingerprint density at radius 1 is 0.964 bits per heavy atom. The van der Waals surface area contributed by atoms with E-state index in [4.69, 9.17) is 14.2 Å². The maximum absolute atomic E-state index is 12.4. The number of amides is 1. The topological polar surface area (TPSA) is 56.8 Å². The van der Waals surface area contributed by atoms with Crippen molar-refractivity contribution in [1.29, 1.82) is 0 Å². The summed E-state index contributed by atoms with van der Waals surface area (Å²) in [6, 6.07) is 16.1. The number of rotatable bonds is 3. The smallest absolute Gasteiger partial charge is 0.411 e. The van der Waals surface area contributed by atoms with Crippen molar-refractivity contribution in [2.24, 2.45) is 5.41 Å². The summed E-state index contributed by atoms with van der Waals surface area (Å²) in [6.07, 6.45) is 6.39. The van der Waals surface area contributed by atoms with Gasteiger partial charge in [0.25, 0.3) is 0 Å². The molecule has 2 aromatic carbocycles. The number of hydrogen-bond acceptors (Lipinski definition) is 4. The normalized spacial score (nSPS) is 27.9. The van der Waals surface area contributed by atoms with Crippen molar-refractivity contribution >= 4 is 11.8 Å². The lowest BCUT2D eigenvalue weighted by molar-refractivity contribution is -0.0915. The predicted octanol–water partition coefficient (Wildman–Crippen LogP) is 5.47. The average molecular weight is 379 g/mol. The molecule has 5 nitrogen and oxygen atoms in total. The monoisotopic (exact) mass is 379 g/mol. The molecule has 0 radical (unpaired) electrons. The third-order valence-electron chi connectivity index (χ3n) is 6.71. The molecule has 2 saturated carbocycles. The molecular formula is C23H25NO4. The molecule has 5 heteroatoms. The molecule has 2 aromatic rings. The molecular weight excluding hydrogens is 354 g/mol. The lowest BCUT2D eigenvalue weighted by atomic mass is 9.56. The van der Waals surface area contributed by atoms with Crippen molar-refractivity contribution in [2.45, 2.75) is 50.5 Å². The van der Waals surface area contributed by atoms with Gasteiger partial charge < -0.3 is 14.2 Å². The molecule has 0 bridgehead atoms. The number of hydrogen-bond donors (Lipinski definition) is 1. The summed E-state index contributed by atoms with van der Waals surface area (Å²) in [5.74, 6) is 1.99. The fourth-order valence-electron chi connectivity index (χ4n) is 4.93. The van der Waals surface area contributed by atoms with Gasteiger partial charge in [0.1, 0.15) is 6.10 Å². The molecule has 1 heterocycles. The van der Waals surface area contributed by atoms with E-state index in [1.54, 1.807) is 18.2 Å². The molecule has 146 valence electrons. The molecule has 0 aromatic heterocycles. The summed E-state index contributed by atoms with van der Waals surface area (Å²) in [7, 11) is 0. The van der Waals surface area contributed by atoms with Crippen LogP contribution in [0.1, 0.15) is 50.0 Å². The maximum Gasteiger partial charge on any atom is 0.411 e. The molecule has 0 saturated heterocycles. The Balaban J connectivity index is 1.17. The van der Waals surface area contributed by atoms with Crippen LogP contribution in [0.25, 0.3) is 0 Å². The Morgan fingerprint density at radius 2 is 1.71 bits per heavy atom. The first-order valence-electron chi connectivity index (χ1n) is 10.1. The second kappa shape index (κ2) is 7.04. The number of fused-ring (bicyclic) bond motifs is 1. The van der Waals surface area contributed by atoms with Gasteiger partial charge in [0.05, 0.1) is 0 Å². The van der Waals surface area contributed by atoms with Crippen LogP contribution in [0, 0.1) is 5.41 Å². The lowest BCUT2D eigenvalue weighted by Crippen LogP contribution is -2.49. The van der Waals surface area contributed by atoms with E-state index in [2.05, 4.69) is 35.6 Å². The molecule has 2 aliphatic carbocycles. The minimum atomic E-state index is -0.381. The van der Waals surface area contributed by atoms with Gasteiger partial charge in [0.15, 0.2) is 11.5 Å². The number of carbonyl (C=O) groups is 1. The van der Waals surface area contributed by atoms with E-state index in [9.17, 15) is 4.79 Å². The van der Waals surface area contributed by atoms with Gasteiger partial charge in [-0.1, -0.05) is 30.3 Å². The van der Waals surface area contributed by atoms with Gasteiger partial charge in [-0.05, 0) is 62.1 Å². The zero-order valence-corrected chi connectivity index (χ0v) is 15.9. The van der Waals surface area contributed by atoms with Gasteiger partial charge >= 0.3 is 6.09 Å².